The molecule has 0 aliphatic carbocycles. The first-order chi connectivity index (χ1) is 13.9. The third-order valence-electron chi connectivity index (χ3n) is 4.41. The van der Waals surface area contributed by atoms with Gasteiger partial charge in [-0.1, -0.05) is 31.3 Å². The molecule has 1 fully saturated rings. The summed E-state index contributed by atoms with van der Waals surface area (Å²) in [4.78, 5) is 30.1. The lowest BCUT2D eigenvalue weighted by Gasteiger charge is -2.23. The first kappa shape index (κ1) is 22.6. The van der Waals surface area contributed by atoms with Gasteiger partial charge in [0.05, 0.1) is 13.2 Å². The van der Waals surface area contributed by atoms with Crippen molar-refractivity contribution in [2.45, 2.75) is 56.8 Å². The number of unbranched alkanes of at least 4 members (excludes halogenated alkanes) is 3. The number of aliphatic hydroxyl groups is 3. The van der Waals surface area contributed by atoms with E-state index in [9.17, 15) is 24.9 Å². The summed E-state index contributed by atoms with van der Waals surface area (Å²) in [5.41, 5.74) is 5.54. The summed E-state index contributed by atoms with van der Waals surface area (Å²) in [5, 5.41) is 35.1. The molecule has 1 saturated heterocycles. The Balaban J connectivity index is 2.05. The fourth-order valence-electron chi connectivity index (χ4n) is 2.82. The van der Waals surface area contributed by atoms with Crippen LogP contribution in [0.3, 0.4) is 0 Å². The number of azide groups is 1. The van der Waals surface area contributed by atoms with Crippen molar-refractivity contribution >= 4 is 11.9 Å². The third-order valence-corrected chi connectivity index (χ3v) is 4.41. The molecule has 1 aliphatic heterocycles. The van der Waals surface area contributed by atoms with Crippen molar-refractivity contribution in [3.05, 3.63) is 33.2 Å². The second-order valence-electron chi connectivity index (χ2n) is 6.46. The van der Waals surface area contributed by atoms with E-state index in [0.717, 1.165) is 36.4 Å². The zero-order valence-corrected chi connectivity index (χ0v) is 15.8. The molecule has 4 atom stereocenters. The minimum atomic E-state index is -2.14. The SMILES string of the molecule is CCCCCCOC(=O)Nc1ccn([C@H]2O[C@@](CO)(N=[N+]=[N-])[C@@H](O)[C@H]2O)c(=O)n1. The molecule has 13 nitrogen and oxygen atoms in total. The Labute approximate surface area is 165 Å². The van der Waals surface area contributed by atoms with Gasteiger partial charge in [0.2, 0.25) is 5.72 Å². The van der Waals surface area contributed by atoms with E-state index in [1.54, 1.807) is 0 Å². The van der Waals surface area contributed by atoms with E-state index >= 15 is 0 Å². The summed E-state index contributed by atoms with van der Waals surface area (Å²) in [6.45, 7) is 1.39. The molecule has 1 aromatic rings. The number of carbonyl (C=O) groups is 1. The van der Waals surface area contributed by atoms with E-state index < -0.39 is 42.6 Å². The van der Waals surface area contributed by atoms with Gasteiger partial charge in [0.1, 0.15) is 18.0 Å². The maximum absolute atomic E-state index is 12.3. The van der Waals surface area contributed by atoms with E-state index in [1.165, 1.54) is 6.07 Å². The van der Waals surface area contributed by atoms with Gasteiger partial charge in [0.25, 0.3) is 0 Å². The van der Waals surface area contributed by atoms with Crippen molar-refractivity contribution in [2.24, 2.45) is 5.11 Å². The maximum atomic E-state index is 12.3. The van der Waals surface area contributed by atoms with Gasteiger partial charge in [-0.05, 0) is 18.0 Å². The molecule has 0 bridgehead atoms. The molecule has 2 rings (SSSR count). The Morgan fingerprint density at radius 3 is 2.86 bits per heavy atom. The van der Waals surface area contributed by atoms with Gasteiger partial charge < -0.3 is 24.8 Å². The van der Waals surface area contributed by atoms with Gasteiger partial charge in [-0.2, -0.15) is 4.98 Å². The van der Waals surface area contributed by atoms with E-state index in [4.69, 9.17) is 15.0 Å². The van der Waals surface area contributed by atoms with Gasteiger partial charge in [-0.25, -0.2) is 9.59 Å². The summed E-state index contributed by atoms with van der Waals surface area (Å²) in [6, 6.07) is 1.26. The van der Waals surface area contributed by atoms with E-state index in [-0.39, 0.29) is 12.4 Å². The fraction of sp³-hybridized carbons (Fsp3) is 0.688. The highest BCUT2D eigenvalue weighted by Crippen LogP contribution is 2.37. The Kier molecular flexibility index (Phi) is 7.93. The van der Waals surface area contributed by atoms with E-state index in [0.29, 0.717) is 0 Å². The molecule has 13 heteroatoms. The van der Waals surface area contributed by atoms with Crippen molar-refractivity contribution in [1.29, 1.82) is 0 Å². The van der Waals surface area contributed by atoms with Crippen LogP contribution in [0.25, 0.3) is 10.4 Å². The molecule has 1 amide bonds. The molecule has 2 heterocycles. The van der Waals surface area contributed by atoms with Crippen molar-refractivity contribution in [3.8, 4) is 0 Å². The average Bonchev–Trinajstić information content (AvgIpc) is 2.94. The number of nitrogens with zero attached hydrogens (tertiary/aromatic N) is 5. The molecule has 0 saturated carbocycles. The number of nitrogens with one attached hydrogen (secondary N) is 1. The number of carbonyl (C=O) groups excluding carboxylic acids is 1. The highest BCUT2D eigenvalue weighted by molar-refractivity contribution is 5.83. The van der Waals surface area contributed by atoms with Gasteiger partial charge in [0, 0.05) is 11.1 Å². The van der Waals surface area contributed by atoms with Crippen LogP contribution >= 0.6 is 0 Å². The summed E-state index contributed by atoms with van der Waals surface area (Å²) in [5.74, 6) is -0.0821. The summed E-state index contributed by atoms with van der Waals surface area (Å²) >= 11 is 0. The van der Waals surface area contributed by atoms with Crippen LogP contribution in [0, 0.1) is 0 Å². The highest BCUT2D eigenvalue weighted by Gasteiger charge is 2.54. The Bertz CT molecular complexity index is 811. The molecule has 1 aliphatic rings. The number of aromatic nitrogens is 2. The van der Waals surface area contributed by atoms with Crippen molar-refractivity contribution in [1.82, 2.24) is 9.55 Å². The van der Waals surface area contributed by atoms with Crippen LogP contribution < -0.4 is 11.0 Å². The Hall–Kier alpha value is -2.70. The van der Waals surface area contributed by atoms with Crippen LogP contribution in [0.2, 0.25) is 0 Å². The standard InChI is InChI=1S/C16H24N6O7/c1-2-3-4-5-8-28-15(27)19-10-6-7-22(14(26)18-10)13-11(24)12(25)16(9-23,29-13)20-21-17/h6-7,11-13,23-25H,2-5,8-9H2,1H3,(H,18,19,26,27)/t11-,12+,13+,16-/m1/s1. The highest BCUT2D eigenvalue weighted by atomic mass is 16.6. The molecule has 0 radical (unpaired) electrons. The summed E-state index contributed by atoms with van der Waals surface area (Å²) in [7, 11) is 0. The number of ether oxygens (including phenoxy) is 2. The number of amides is 1. The van der Waals surface area contributed by atoms with Crippen molar-refractivity contribution in [2.75, 3.05) is 18.5 Å². The quantitative estimate of drug-likeness (QED) is 0.196. The van der Waals surface area contributed by atoms with Crippen LogP contribution in [0.1, 0.15) is 38.8 Å². The summed E-state index contributed by atoms with van der Waals surface area (Å²) in [6.07, 6.45) is -0.747. The lowest BCUT2D eigenvalue weighted by molar-refractivity contribution is -0.125. The molecule has 0 aromatic carbocycles. The number of aliphatic hydroxyl groups excluding tert-OH is 3. The van der Waals surface area contributed by atoms with Gasteiger partial charge in [-0.3, -0.25) is 9.88 Å². The number of anilines is 1. The maximum Gasteiger partial charge on any atom is 0.412 e. The zero-order chi connectivity index (χ0) is 21.4. The second-order valence-corrected chi connectivity index (χ2v) is 6.46. The monoisotopic (exact) mass is 412 g/mol. The number of rotatable bonds is 9. The normalized spacial score (nSPS) is 26.0. The average molecular weight is 412 g/mol. The van der Waals surface area contributed by atoms with Crippen molar-refractivity contribution in [3.63, 3.8) is 0 Å². The zero-order valence-electron chi connectivity index (χ0n) is 15.8. The van der Waals surface area contributed by atoms with Gasteiger partial charge in [0.15, 0.2) is 6.23 Å². The predicted octanol–water partition coefficient (Wildman–Crippen LogP) is 0.622. The topological polar surface area (TPSA) is 192 Å². The number of hydrogen-bond acceptors (Lipinski definition) is 9. The molecular formula is C16H24N6O7. The largest absolute Gasteiger partial charge is 0.449 e. The second kappa shape index (κ2) is 10.2. The lowest BCUT2D eigenvalue weighted by atomic mass is 10.1. The first-order valence-corrected chi connectivity index (χ1v) is 9.12. The summed E-state index contributed by atoms with van der Waals surface area (Å²) < 4.78 is 11.1. The molecule has 0 unspecified atom stereocenters. The van der Waals surface area contributed by atoms with Crippen LogP contribution in [-0.2, 0) is 9.47 Å². The molecular weight excluding hydrogens is 388 g/mol. The Morgan fingerprint density at radius 1 is 1.48 bits per heavy atom. The first-order valence-electron chi connectivity index (χ1n) is 9.12. The van der Waals surface area contributed by atoms with Crippen LogP contribution in [0.4, 0.5) is 10.6 Å². The molecule has 1 aromatic heterocycles. The molecule has 0 spiro atoms. The lowest BCUT2D eigenvalue weighted by Crippen LogP contribution is -2.44. The minimum absolute atomic E-state index is 0.0821. The van der Waals surface area contributed by atoms with E-state index in [1.807, 2.05) is 0 Å². The van der Waals surface area contributed by atoms with Gasteiger partial charge >= 0.3 is 11.8 Å². The van der Waals surface area contributed by atoms with Crippen LogP contribution in [-0.4, -0.2) is 62.1 Å². The predicted molar refractivity (Wildman–Crippen MR) is 98.7 cm³/mol. The van der Waals surface area contributed by atoms with Crippen LogP contribution in [0.5, 0.6) is 0 Å². The molecule has 29 heavy (non-hydrogen) atoms. The van der Waals surface area contributed by atoms with Crippen LogP contribution in [0.15, 0.2) is 22.2 Å². The smallest absolute Gasteiger partial charge is 0.412 e. The fourth-order valence-corrected chi connectivity index (χ4v) is 2.82. The van der Waals surface area contributed by atoms with Gasteiger partial charge in [-0.15, -0.1) is 0 Å². The van der Waals surface area contributed by atoms with Crippen molar-refractivity contribution < 1.29 is 29.6 Å². The Morgan fingerprint density at radius 2 is 2.24 bits per heavy atom. The number of hydrogen-bond donors (Lipinski definition) is 4. The van der Waals surface area contributed by atoms with E-state index in [2.05, 4.69) is 27.3 Å². The minimum Gasteiger partial charge on any atom is -0.449 e. The molecule has 4 N–H and O–H groups in total. The third kappa shape index (κ3) is 5.22. The molecule has 160 valence electrons.